The number of thiocarbonyl (C=S) groups is 1. The predicted octanol–water partition coefficient (Wildman–Crippen LogP) is 3.81. The van der Waals surface area contributed by atoms with Gasteiger partial charge in [-0.2, -0.15) is 0 Å². The Balaban J connectivity index is 1.91. The first-order chi connectivity index (χ1) is 11.1. The molecule has 1 amide bonds. The van der Waals surface area contributed by atoms with Crippen LogP contribution < -0.4 is 10.2 Å². The molecule has 0 saturated carbocycles. The zero-order valence-electron chi connectivity index (χ0n) is 12.2. The van der Waals surface area contributed by atoms with E-state index in [9.17, 15) is 9.18 Å². The number of carbonyl (C=O) groups is 1. The average Bonchev–Trinajstić information content (AvgIpc) is 2.83. The molecule has 3 nitrogen and oxygen atoms in total. The molecule has 2 aromatic rings. The highest BCUT2D eigenvalue weighted by Gasteiger charge is 2.33. The fourth-order valence-electron chi connectivity index (χ4n) is 2.25. The standard InChI is InChI=1S/C17H13FN2OS2/c1-23-12-8-6-11(7-9-12)10-14-16(21)20(17(22)19-14)15-5-3-2-4-13(15)18/h2-10H,1H3,(H,19,22)/b14-10-. The molecular weight excluding hydrogens is 331 g/mol. The molecule has 1 heterocycles. The predicted molar refractivity (Wildman–Crippen MR) is 95.8 cm³/mol. The minimum atomic E-state index is -0.490. The minimum absolute atomic E-state index is 0.149. The number of nitrogens with one attached hydrogen (secondary N) is 1. The van der Waals surface area contributed by atoms with Gasteiger partial charge in [0.05, 0.1) is 5.69 Å². The van der Waals surface area contributed by atoms with Gasteiger partial charge in [-0.15, -0.1) is 11.8 Å². The van der Waals surface area contributed by atoms with Gasteiger partial charge in [0, 0.05) is 4.90 Å². The Morgan fingerprint density at radius 2 is 1.87 bits per heavy atom. The monoisotopic (exact) mass is 344 g/mol. The van der Waals surface area contributed by atoms with Gasteiger partial charge < -0.3 is 5.32 Å². The number of para-hydroxylation sites is 1. The number of halogens is 1. The molecule has 1 aliphatic rings. The van der Waals surface area contributed by atoms with Crippen molar-refractivity contribution < 1.29 is 9.18 Å². The molecule has 116 valence electrons. The molecule has 2 aromatic carbocycles. The summed E-state index contributed by atoms with van der Waals surface area (Å²) in [6, 6.07) is 13.8. The maximum atomic E-state index is 13.9. The number of thioether (sulfide) groups is 1. The average molecular weight is 344 g/mol. The summed E-state index contributed by atoms with van der Waals surface area (Å²) in [4.78, 5) is 14.8. The van der Waals surface area contributed by atoms with Crippen LogP contribution in [0.3, 0.4) is 0 Å². The first-order valence-electron chi connectivity index (χ1n) is 6.86. The molecule has 1 fully saturated rings. The van der Waals surface area contributed by atoms with Crippen molar-refractivity contribution in [3.8, 4) is 0 Å². The number of benzene rings is 2. The van der Waals surface area contributed by atoms with E-state index in [1.165, 1.54) is 17.0 Å². The van der Waals surface area contributed by atoms with Crippen LogP contribution in [0.5, 0.6) is 0 Å². The van der Waals surface area contributed by atoms with Crippen LogP contribution in [0.4, 0.5) is 10.1 Å². The van der Waals surface area contributed by atoms with E-state index in [4.69, 9.17) is 12.2 Å². The first kappa shape index (κ1) is 15.7. The van der Waals surface area contributed by atoms with Crippen LogP contribution in [0.15, 0.2) is 59.1 Å². The summed E-state index contributed by atoms with van der Waals surface area (Å²) in [6.45, 7) is 0. The lowest BCUT2D eigenvalue weighted by atomic mass is 10.2. The second kappa shape index (κ2) is 6.52. The molecule has 0 aromatic heterocycles. The van der Waals surface area contributed by atoms with E-state index in [1.807, 2.05) is 30.5 Å². The lowest BCUT2D eigenvalue weighted by molar-refractivity contribution is -0.113. The summed E-state index contributed by atoms with van der Waals surface area (Å²) in [7, 11) is 0. The van der Waals surface area contributed by atoms with Crippen molar-refractivity contribution in [1.29, 1.82) is 0 Å². The summed E-state index contributed by atoms with van der Waals surface area (Å²) < 4.78 is 13.9. The molecule has 1 saturated heterocycles. The van der Waals surface area contributed by atoms with E-state index in [0.29, 0.717) is 5.70 Å². The molecule has 1 N–H and O–H groups in total. The molecule has 1 aliphatic heterocycles. The first-order valence-corrected chi connectivity index (χ1v) is 8.49. The maximum absolute atomic E-state index is 13.9. The Bertz CT molecular complexity index is 802. The molecule has 0 aliphatic carbocycles. The molecule has 3 rings (SSSR count). The zero-order chi connectivity index (χ0) is 16.4. The van der Waals surface area contributed by atoms with Gasteiger partial charge in [-0.1, -0.05) is 24.3 Å². The Labute approximate surface area is 143 Å². The normalized spacial score (nSPS) is 16.1. The van der Waals surface area contributed by atoms with E-state index in [2.05, 4.69) is 5.32 Å². The van der Waals surface area contributed by atoms with Crippen molar-refractivity contribution in [2.75, 3.05) is 11.2 Å². The van der Waals surface area contributed by atoms with Crippen molar-refractivity contribution in [3.63, 3.8) is 0 Å². The van der Waals surface area contributed by atoms with E-state index in [1.54, 1.807) is 30.0 Å². The highest BCUT2D eigenvalue weighted by molar-refractivity contribution is 7.98. The maximum Gasteiger partial charge on any atom is 0.281 e. The Hall–Kier alpha value is -2.18. The van der Waals surface area contributed by atoms with Gasteiger partial charge in [-0.05, 0) is 54.4 Å². The number of hydrogen-bond acceptors (Lipinski definition) is 3. The van der Waals surface area contributed by atoms with Gasteiger partial charge in [-0.25, -0.2) is 9.29 Å². The Morgan fingerprint density at radius 3 is 2.52 bits per heavy atom. The largest absolute Gasteiger partial charge is 0.327 e. The Kier molecular flexibility index (Phi) is 4.45. The van der Waals surface area contributed by atoms with E-state index in [-0.39, 0.29) is 16.7 Å². The third kappa shape index (κ3) is 3.13. The number of anilines is 1. The lowest BCUT2D eigenvalue weighted by Gasteiger charge is -2.14. The lowest BCUT2D eigenvalue weighted by Crippen LogP contribution is -2.31. The molecule has 6 heteroatoms. The van der Waals surface area contributed by atoms with Crippen LogP contribution in [0.1, 0.15) is 5.56 Å². The fourth-order valence-corrected chi connectivity index (χ4v) is 2.95. The van der Waals surface area contributed by atoms with Gasteiger partial charge >= 0.3 is 0 Å². The number of carbonyl (C=O) groups excluding carboxylic acids is 1. The van der Waals surface area contributed by atoms with E-state index >= 15 is 0 Å². The van der Waals surface area contributed by atoms with Crippen molar-refractivity contribution in [2.45, 2.75) is 4.90 Å². The quantitative estimate of drug-likeness (QED) is 0.521. The van der Waals surface area contributed by atoms with Crippen LogP contribution in [0.25, 0.3) is 6.08 Å². The molecule has 0 atom stereocenters. The number of nitrogens with zero attached hydrogens (tertiary/aromatic N) is 1. The number of rotatable bonds is 3. The van der Waals surface area contributed by atoms with Gasteiger partial charge in [0.2, 0.25) is 0 Å². The minimum Gasteiger partial charge on any atom is -0.327 e. The van der Waals surface area contributed by atoms with Crippen LogP contribution >= 0.6 is 24.0 Å². The highest BCUT2D eigenvalue weighted by Crippen LogP contribution is 2.25. The molecule has 0 spiro atoms. The summed E-state index contributed by atoms with van der Waals surface area (Å²) in [5.74, 6) is -0.857. The van der Waals surface area contributed by atoms with Gasteiger partial charge in [0.1, 0.15) is 11.5 Å². The zero-order valence-corrected chi connectivity index (χ0v) is 13.9. The second-order valence-electron chi connectivity index (χ2n) is 4.85. The topological polar surface area (TPSA) is 32.3 Å². The number of hydrogen-bond donors (Lipinski definition) is 1. The van der Waals surface area contributed by atoms with E-state index < -0.39 is 5.82 Å². The molecular formula is C17H13FN2OS2. The SMILES string of the molecule is CSc1ccc(/C=C2\NC(=S)N(c3ccccc3F)C2=O)cc1. The summed E-state index contributed by atoms with van der Waals surface area (Å²) in [5.41, 5.74) is 1.35. The molecule has 0 radical (unpaired) electrons. The van der Waals surface area contributed by atoms with Gasteiger partial charge in [0.15, 0.2) is 5.11 Å². The van der Waals surface area contributed by atoms with Gasteiger partial charge in [-0.3, -0.25) is 4.79 Å². The van der Waals surface area contributed by atoms with Crippen molar-refractivity contribution in [1.82, 2.24) is 5.32 Å². The third-order valence-electron chi connectivity index (χ3n) is 3.40. The Morgan fingerprint density at radius 1 is 1.17 bits per heavy atom. The van der Waals surface area contributed by atoms with Crippen LogP contribution in [-0.2, 0) is 4.79 Å². The second-order valence-corrected chi connectivity index (χ2v) is 6.12. The highest BCUT2D eigenvalue weighted by atomic mass is 32.2. The van der Waals surface area contributed by atoms with Crippen molar-refractivity contribution in [3.05, 3.63) is 65.6 Å². The third-order valence-corrected chi connectivity index (χ3v) is 4.43. The number of amides is 1. The van der Waals surface area contributed by atoms with Crippen LogP contribution in [-0.4, -0.2) is 17.3 Å². The van der Waals surface area contributed by atoms with Gasteiger partial charge in [0.25, 0.3) is 5.91 Å². The van der Waals surface area contributed by atoms with Crippen molar-refractivity contribution >= 4 is 46.8 Å². The molecule has 0 unspecified atom stereocenters. The van der Waals surface area contributed by atoms with Crippen LogP contribution in [0.2, 0.25) is 0 Å². The van der Waals surface area contributed by atoms with Crippen molar-refractivity contribution in [2.24, 2.45) is 0 Å². The van der Waals surface area contributed by atoms with Crippen LogP contribution in [0, 0.1) is 5.82 Å². The summed E-state index contributed by atoms with van der Waals surface area (Å²) >= 11 is 6.82. The molecule has 23 heavy (non-hydrogen) atoms. The summed E-state index contributed by atoms with van der Waals surface area (Å²) in [5, 5.41) is 3.03. The smallest absolute Gasteiger partial charge is 0.281 e. The fraction of sp³-hybridized carbons (Fsp3) is 0.0588. The summed E-state index contributed by atoms with van der Waals surface area (Å²) in [6.07, 6.45) is 3.71. The van der Waals surface area contributed by atoms with E-state index in [0.717, 1.165) is 10.5 Å². The molecule has 0 bridgehead atoms.